The highest BCUT2D eigenvalue weighted by Gasteiger charge is 2.31. The zero-order valence-corrected chi connectivity index (χ0v) is 17.4. The number of aryl methyl sites for hydroxylation is 2. The summed E-state index contributed by atoms with van der Waals surface area (Å²) in [5, 5.41) is 0. The second-order valence-electron chi connectivity index (χ2n) is 6.87. The number of carbonyl (C=O) groups is 3. The van der Waals surface area contributed by atoms with Gasteiger partial charge in [0.15, 0.2) is 0 Å². The van der Waals surface area contributed by atoms with Crippen LogP contribution in [0.15, 0.2) is 42.5 Å². The lowest BCUT2D eigenvalue weighted by molar-refractivity contribution is -0.151. The summed E-state index contributed by atoms with van der Waals surface area (Å²) in [6, 6.07) is 13.2. The van der Waals surface area contributed by atoms with Gasteiger partial charge < -0.3 is 9.47 Å². The first-order valence-electron chi connectivity index (χ1n) is 9.61. The number of ether oxygens (including phenoxy) is 2. The van der Waals surface area contributed by atoms with E-state index in [0.717, 1.165) is 25.5 Å². The smallest absolute Gasteiger partial charge is 0.421 e. The lowest BCUT2D eigenvalue weighted by Crippen LogP contribution is -2.42. The fourth-order valence-corrected chi connectivity index (χ4v) is 2.83. The van der Waals surface area contributed by atoms with E-state index in [0.29, 0.717) is 11.3 Å². The fraction of sp³-hybridized carbons (Fsp3) is 0.348. The maximum Gasteiger partial charge on any atom is 0.421 e. The first kappa shape index (κ1) is 22.1. The quantitative estimate of drug-likeness (QED) is 0.412. The molecule has 2 aromatic carbocycles. The van der Waals surface area contributed by atoms with Gasteiger partial charge in [-0.1, -0.05) is 49.2 Å². The van der Waals surface area contributed by atoms with Crippen molar-refractivity contribution in [1.29, 1.82) is 0 Å². The van der Waals surface area contributed by atoms with E-state index in [9.17, 15) is 14.4 Å². The summed E-state index contributed by atoms with van der Waals surface area (Å²) < 4.78 is 9.61. The molecule has 2 amide bonds. The van der Waals surface area contributed by atoms with Crippen molar-refractivity contribution in [2.24, 2.45) is 0 Å². The molecule has 29 heavy (non-hydrogen) atoms. The molecule has 2 rings (SSSR count). The Morgan fingerprint density at radius 1 is 1.00 bits per heavy atom. The van der Waals surface area contributed by atoms with Crippen molar-refractivity contribution in [2.75, 3.05) is 18.6 Å². The molecule has 0 N–H and O–H groups in total. The van der Waals surface area contributed by atoms with Gasteiger partial charge >= 0.3 is 18.0 Å². The van der Waals surface area contributed by atoms with Gasteiger partial charge in [-0.25, -0.2) is 14.5 Å². The van der Waals surface area contributed by atoms with Crippen molar-refractivity contribution in [3.63, 3.8) is 0 Å². The van der Waals surface area contributed by atoms with Gasteiger partial charge in [0.2, 0.25) is 0 Å². The fourth-order valence-electron chi connectivity index (χ4n) is 2.83. The lowest BCUT2D eigenvalue weighted by atomic mass is 9.98. The Morgan fingerprint density at radius 3 is 2.31 bits per heavy atom. The van der Waals surface area contributed by atoms with E-state index < -0.39 is 18.0 Å². The normalized spacial score (nSPS) is 10.3. The molecule has 0 aromatic heterocycles. The van der Waals surface area contributed by atoms with E-state index in [1.54, 1.807) is 12.1 Å². The molecule has 0 atom stereocenters. The summed E-state index contributed by atoms with van der Waals surface area (Å²) in [7, 11) is 1.09. The molecule has 0 fully saturated rings. The van der Waals surface area contributed by atoms with Crippen molar-refractivity contribution < 1.29 is 23.9 Å². The number of hydrogen-bond acceptors (Lipinski definition) is 5. The van der Waals surface area contributed by atoms with Gasteiger partial charge in [0.1, 0.15) is 0 Å². The maximum absolute atomic E-state index is 12.4. The Kier molecular flexibility index (Phi) is 7.95. The predicted octanol–water partition coefficient (Wildman–Crippen LogP) is 4.34. The Balaban J connectivity index is 2.24. The van der Waals surface area contributed by atoms with Gasteiger partial charge in [-0.15, -0.1) is 0 Å². The monoisotopic (exact) mass is 397 g/mol. The van der Waals surface area contributed by atoms with Gasteiger partial charge in [0.25, 0.3) is 0 Å². The van der Waals surface area contributed by atoms with Gasteiger partial charge in [0.05, 0.1) is 19.4 Å². The summed E-state index contributed by atoms with van der Waals surface area (Å²) in [6.45, 7) is 6.24. The number of hydrogen-bond donors (Lipinski definition) is 0. The summed E-state index contributed by atoms with van der Waals surface area (Å²) >= 11 is 0. The second-order valence-corrected chi connectivity index (χ2v) is 6.87. The highest BCUT2D eigenvalue weighted by molar-refractivity contribution is 6.42. The topological polar surface area (TPSA) is 72.9 Å². The number of rotatable bonds is 6. The third kappa shape index (κ3) is 5.91. The molecule has 0 aliphatic heterocycles. The van der Waals surface area contributed by atoms with Crippen LogP contribution in [-0.2, 0) is 25.5 Å². The van der Waals surface area contributed by atoms with Gasteiger partial charge in [-0.3, -0.25) is 4.79 Å². The number of esters is 1. The third-order valence-electron chi connectivity index (χ3n) is 4.56. The predicted molar refractivity (Wildman–Crippen MR) is 111 cm³/mol. The number of benzene rings is 2. The van der Waals surface area contributed by atoms with Gasteiger partial charge in [0, 0.05) is 0 Å². The van der Waals surface area contributed by atoms with E-state index in [-0.39, 0.29) is 12.3 Å². The van der Waals surface area contributed by atoms with Crippen molar-refractivity contribution in [1.82, 2.24) is 0 Å². The summed E-state index contributed by atoms with van der Waals surface area (Å²) in [4.78, 5) is 37.2. The Labute approximate surface area is 171 Å². The minimum Gasteiger partial charge on any atom is -0.462 e. The van der Waals surface area contributed by atoms with Gasteiger partial charge in [-0.05, 0) is 55.5 Å². The number of amides is 2. The van der Waals surface area contributed by atoms with E-state index in [4.69, 9.17) is 4.74 Å². The molecule has 0 saturated heterocycles. The number of carbonyl (C=O) groups excluding carboxylic acids is 3. The molecule has 0 spiro atoms. The van der Waals surface area contributed by atoms with E-state index in [1.807, 2.05) is 26.0 Å². The second kappa shape index (κ2) is 10.4. The minimum atomic E-state index is -1.13. The molecule has 0 heterocycles. The van der Waals surface area contributed by atoms with Crippen LogP contribution in [0.25, 0.3) is 0 Å². The molecule has 2 aromatic rings. The largest absolute Gasteiger partial charge is 0.462 e. The summed E-state index contributed by atoms with van der Waals surface area (Å²) in [5.41, 5.74) is 4.87. The zero-order chi connectivity index (χ0) is 21.4. The number of anilines is 1. The SMILES string of the molecule is CCCCOC(=O)N(C(=O)C(=O)OC)c1ccc(Cc2cc(C)ccc2C)cc1. The van der Waals surface area contributed by atoms with Crippen molar-refractivity contribution >= 4 is 23.7 Å². The van der Waals surface area contributed by atoms with Crippen molar-refractivity contribution in [2.45, 2.75) is 40.0 Å². The third-order valence-corrected chi connectivity index (χ3v) is 4.56. The Hall–Kier alpha value is -3.15. The molecular weight excluding hydrogens is 370 g/mol. The molecule has 154 valence electrons. The van der Waals surface area contributed by atoms with E-state index >= 15 is 0 Å². The summed E-state index contributed by atoms with van der Waals surface area (Å²) in [6.07, 6.45) is 1.34. The van der Waals surface area contributed by atoms with Crippen LogP contribution in [0.5, 0.6) is 0 Å². The number of imide groups is 1. The lowest BCUT2D eigenvalue weighted by Gasteiger charge is -2.19. The van der Waals surface area contributed by atoms with E-state index in [2.05, 4.69) is 29.9 Å². The highest BCUT2D eigenvalue weighted by atomic mass is 16.6. The van der Waals surface area contributed by atoms with E-state index in [1.165, 1.54) is 16.7 Å². The van der Waals surface area contributed by atoms with Crippen LogP contribution in [0.4, 0.5) is 10.5 Å². The van der Waals surface area contributed by atoms with Crippen LogP contribution in [-0.4, -0.2) is 31.7 Å². The number of nitrogens with zero attached hydrogens (tertiary/aromatic N) is 1. The van der Waals surface area contributed by atoms with Crippen LogP contribution in [0.3, 0.4) is 0 Å². The summed E-state index contributed by atoms with van der Waals surface area (Å²) in [5.74, 6) is -2.21. The minimum absolute atomic E-state index is 0.172. The van der Waals surface area contributed by atoms with Crippen molar-refractivity contribution in [3.8, 4) is 0 Å². The molecular formula is C23H27NO5. The molecule has 0 bridgehead atoms. The van der Waals surface area contributed by atoms with Crippen LogP contribution < -0.4 is 4.90 Å². The van der Waals surface area contributed by atoms with Crippen molar-refractivity contribution in [3.05, 3.63) is 64.7 Å². The molecule has 6 nitrogen and oxygen atoms in total. The van der Waals surface area contributed by atoms with Crippen LogP contribution in [0.1, 0.15) is 42.0 Å². The van der Waals surface area contributed by atoms with Crippen LogP contribution in [0.2, 0.25) is 0 Å². The number of unbranched alkanes of at least 4 members (excludes halogenated alkanes) is 1. The maximum atomic E-state index is 12.4. The molecule has 0 radical (unpaired) electrons. The van der Waals surface area contributed by atoms with Gasteiger partial charge in [-0.2, -0.15) is 0 Å². The molecule has 0 aliphatic carbocycles. The average Bonchev–Trinajstić information content (AvgIpc) is 2.71. The molecule has 0 saturated carbocycles. The molecule has 0 aliphatic rings. The highest BCUT2D eigenvalue weighted by Crippen LogP contribution is 2.21. The Morgan fingerprint density at radius 2 is 1.69 bits per heavy atom. The zero-order valence-electron chi connectivity index (χ0n) is 17.4. The first-order chi connectivity index (χ1) is 13.9. The van der Waals surface area contributed by atoms with Crippen LogP contribution in [0, 0.1) is 13.8 Å². The average molecular weight is 397 g/mol. The first-order valence-corrected chi connectivity index (χ1v) is 9.61. The molecule has 0 unspecified atom stereocenters. The molecule has 6 heteroatoms. The Bertz CT molecular complexity index is 873. The standard InChI is InChI=1S/C23H27NO5/c1-5-6-13-29-23(27)24(21(25)22(26)28-4)20-11-9-18(10-12-20)15-19-14-16(2)7-8-17(19)3/h7-12,14H,5-6,13,15H2,1-4H3. The van der Waals surface area contributed by atoms with Crippen LogP contribution >= 0.6 is 0 Å². The number of methoxy groups -OCH3 is 1.